The molecule has 0 aromatic heterocycles. The van der Waals surface area contributed by atoms with Crippen LogP contribution in [0.5, 0.6) is 0 Å². The number of urea groups is 1. The highest BCUT2D eigenvalue weighted by Crippen LogP contribution is 2.28. The van der Waals surface area contributed by atoms with Crippen molar-refractivity contribution in [2.45, 2.75) is 13.3 Å². The minimum Gasteiger partial charge on any atom is -0.337 e. The van der Waals surface area contributed by atoms with Gasteiger partial charge in [-0.2, -0.15) is 0 Å². The summed E-state index contributed by atoms with van der Waals surface area (Å²) in [5, 5.41) is 3.58. The quantitative estimate of drug-likeness (QED) is 0.882. The summed E-state index contributed by atoms with van der Waals surface area (Å²) in [6.07, 6.45) is 0.913. The number of benzene rings is 1. The second kappa shape index (κ2) is 5.59. The average Bonchev–Trinajstić information content (AvgIpc) is 2.36. The largest absolute Gasteiger partial charge is 0.337 e. The number of halogens is 1. The molecule has 1 aromatic rings. The lowest BCUT2D eigenvalue weighted by Gasteiger charge is -2.34. The molecule has 0 bridgehead atoms. The number of hydrogen-bond donors (Lipinski definition) is 2. The molecule has 2 rings (SSSR count). The molecule has 0 aliphatic carbocycles. The minimum atomic E-state index is -0.0614. The van der Waals surface area contributed by atoms with Crippen molar-refractivity contribution in [3.63, 3.8) is 0 Å². The highest BCUT2D eigenvalue weighted by atomic mass is 35.5. The van der Waals surface area contributed by atoms with Gasteiger partial charge in [0.1, 0.15) is 0 Å². The molecular formula is C13H18ClN3O. The van der Waals surface area contributed by atoms with Crippen molar-refractivity contribution in [1.29, 1.82) is 0 Å². The van der Waals surface area contributed by atoms with E-state index in [2.05, 4.69) is 5.32 Å². The molecule has 0 saturated carbocycles. The summed E-state index contributed by atoms with van der Waals surface area (Å²) in [4.78, 5) is 13.7. The van der Waals surface area contributed by atoms with Gasteiger partial charge in [0.05, 0.1) is 0 Å². The van der Waals surface area contributed by atoms with Gasteiger partial charge >= 0.3 is 6.03 Å². The van der Waals surface area contributed by atoms with E-state index in [1.165, 1.54) is 0 Å². The SMILES string of the molecule is Cc1c(Cl)cccc1N1CC(CCN)CNC1=O. The number of nitrogens with one attached hydrogen (secondary N) is 1. The normalized spacial score (nSPS) is 19.8. The van der Waals surface area contributed by atoms with E-state index in [0.29, 0.717) is 30.6 Å². The lowest BCUT2D eigenvalue weighted by atomic mass is 10.0. The topological polar surface area (TPSA) is 58.4 Å². The number of hydrogen-bond acceptors (Lipinski definition) is 2. The zero-order valence-electron chi connectivity index (χ0n) is 10.4. The van der Waals surface area contributed by atoms with E-state index in [-0.39, 0.29) is 6.03 Å². The third-order valence-corrected chi connectivity index (χ3v) is 3.74. The van der Waals surface area contributed by atoms with Crippen LogP contribution >= 0.6 is 11.6 Å². The Kier molecular flexibility index (Phi) is 4.09. The predicted octanol–water partition coefficient (Wildman–Crippen LogP) is 2.14. The molecule has 1 aliphatic rings. The van der Waals surface area contributed by atoms with E-state index < -0.39 is 0 Å². The summed E-state index contributed by atoms with van der Waals surface area (Å²) in [5.74, 6) is 0.395. The first-order valence-electron chi connectivity index (χ1n) is 6.14. The fourth-order valence-electron chi connectivity index (χ4n) is 2.26. The third-order valence-electron chi connectivity index (χ3n) is 3.33. The Balaban J connectivity index is 2.24. The molecule has 1 unspecified atom stereocenters. The zero-order valence-corrected chi connectivity index (χ0v) is 11.2. The smallest absolute Gasteiger partial charge is 0.321 e. The molecule has 1 aliphatic heterocycles. The molecular weight excluding hydrogens is 250 g/mol. The Hall–Kier alpha value is -1.26. The van der Waals surface area contributed by atoms with Gasteiger partial charge in [-0.25, -0.2) is 4.79 Å². The Labute approximate surface area is 112 Å². The van der Waals surface area contributed by atoms with E-state index in [9.17, 15) is 4.79 Å². The Morgan fingerprint density at radius 3 is 3.06 bits per heavy atom. The Morgan fingerprint density at radius 2 is 2.33 bits per heavy atom. The zero-order chi connectivity index (χ0) is 13.1. The molecule has 98 valence electrons. The second-order valence-electron chi connectivity index (χ2n) is 4.62. The van der Waals surface area contributed by atoms with Crippen LogP contribution in [-0.4, -0.2) is 25.7 Å². The van der Waals surface area contributed by atoms with Gasteiger partial charge in [0.2, 0.25) is 0 Å². The number of nitrogens with zero attached hydrogens (tertiary/aromatic N) is 1. The predicted molar refractivity (Wildman–Crippen MR) is 74.1 cm³/mol. The van der Waals surface area contributed by atoms with Crippen LogP contribution in [0.2, 0.25) is 5.02 Å². The average molecular weight is 268 g/mol. The van der Waals surface area contributed by atoms with E-state index in [1.807, 2.05) is 25.1 Å². The second-order valence-corrected chi connectivity index (χ2v) is 5.03. The van der Waals surface area contributed by atoms with E-state index in [1.54, 1.807) is 4.90 Å². The Bertz CT molecular complexity index is 450. The molecule has 3 N–H and O–H groups in total. The highest BCUT2D eigenvalue weighted by molar-refractivity contribution is 6.31. The number of nitrogens with two attached hydrogens (primary N) is 1. The van der Waals surface area contributed by atoms with E-state index in [4.69, 9.17) is 17.3 Å². The molecule has 1 heterocycles. The van der Waals surface area contributed by atoms with Crippen LogP contribution in [0.3, 0.4) is 0 Å². The van der Waals surface area contributed by atoms with Crippen molar-refractivity contribution < 1.29 is 4.79 Å². The molecule has 1 saturated heterocycles. The van der Waals surface area contributed by atoms with Crippen LogP contribution in [-0.2, 0) is 0 Å². The maximum atomic E-state index is 11.9. The van der Waals surface area contributed by atoms with Crippen molar-refractivity contribution in [3.05, 3.63) is 28.8 Å². The van der Waals surface area contributed by atoms with Crippen molar-refractivity contribution in [2.75, 3.05) is 24.5 Å². The molecule has 1 fully saturated rings. The van der Waals surface area contributed by atoms with Crippen molar-refractivity contribution in [2.24, 2.45) is 11.7 Å². The van der Waals surface area contributed by atoms with Gasteiger partial charge in [-0.3, -0.25) is 4.90 Å². The van der Waals surface area contributed by atoms with Crippen LogP contribution < -0.4 is 16.0 Å². The molecule has 18 heavy (non-hydrogen) atoms. The molecule has 4 nitrogen and oxygen atoms in total. The van der Waals surface area contributed by atoms with Crippen LogP contribution in [0, 0.1) is 12.8 Å². The van der Waals surface area contributed by atoms with Gasteiger partial charge in [0, 0.05) is 23.8 Å². The van der Waals surface area contributed by atoms with Crippen LogP contribution in [0.1, 0.15) is 12.0 Å². The van der Waals surface area contributed by atoms with Gasteiger partial charge in [-0.05, 0) is 43.5 Å². The lowest BCUT2D eigenvalue weighted by Crippen LogP contribution is -2.51. The van der Waals surface area contributed by atoms with Crippen molar-refractivity contribution >= 4 is 23.3 Å². The lowest BCUT2D eigenvalue weighted by molar-refractivity contribution is 0.236. The van der Waals surface area contributed by atoms with Crippen LogP contribution in [0.15, 0.2) is 18.2 Å². The van der Waals surface area contributed by atoms with Gasteiger partial charge in [0.15, 0.2) is 0 Å². The van der Waals surface area contributed by atoms with Crippen LogP contribution in [0.25, 0.3) is 0 Å². The fourth-order valence-corrected chi connectivity index (χ4v) is 2.43. The number of carbonyl (C=O) groups excluding carboxylic acids is 1. The maximum absolute atomic E-state index is 11.9. The van der Waals surface area contributed by atoms with E-state index in [0.717, 1.165) is 17.7 Å². The van der Waals surface area contributed by atoms with Gasteiger partial charge in [-0.15, -0.1) is 0 Å². The first-order valence-corrected chi connectivity index (χ1v) is 6.52. The summed E-state index contributed by atoms with van der Waals surface area (Å²) in [7, 11) is 0. The number of amides is 2. The first-order chi connectivity index (χ1) is 8.63. The molecule has 5 heteroatoms. The van der Waals surface area contributed by atoms with Gasteiger partial charge in [-0.1, -0.05) is 17.7 Å². The summed E-state index contributed by atoms with van der Waals surface area (Å²) < 4.78 is 0. The minimum absolute atomic E-state index is 0.0614. The van der Waals surface area contributed by atoms with Gasteiger partial charge < -0.3 is 11.1 Å². The first kappa shape index (κ1) is 13.2. The third kappa shape index (κ3) is 2.60. The number of anilines is 1. The summed E-state index contributed by atoms with van der Waals surface area (Å²) in [5.41, 5.74) is 7.39. The number of rotatable bonds is 3. The summed E-state index contributed by atoms with van der Waals surface area (Å²) in [6, 6.07) is 5.56. The Morgan fingerprint density at radius 1 is 1.56 bits per heavy atom. The molecule has 0 radical (unpaired) electrons. The molecule has 2 amide bonds. The number of carbonyl (C=O) groups is 1. The van der Waals surface area contributed by atoms with E-state index >= 15 is 0 Å². The molecule has 0 spiro atoms. The fraction of sp³-hybridized carbons (Fsp3) is 0.462. The molecule has 1 atom stereocenters. The standard InChI is InChI=1S/C13H18ClN3O/c1-9-11(14)3-2-4-12(9)17-8-10(5-6-15)7-16-13(17)18/h2-4,10H,5-8,15H2,1H3,(H,16,18). The van der Waals surface area contributed by atoms with Crippen molar-refractivity contribution in [1.82, 2.24) is 5.32 Å². The van der Waals surface area contributed by atoms with Gasteiger partial charge in [0.25, 0.3) is 0 Å². The van der Waals surface area contributed by atoms with Crippen LogP contribution in [0.4, 0.5) is 10.5 Å². The summed E-state index contributed by atoms with van der Waals surface area (Å²) in [6.45, 7) is 3.97. The van der Waals surface area contributed by atoms with Crippen molar-refractivity contribution in [3.8, 4) is 0 Å². The maximum Gasteiger partial charge on any atom is 0.321 e. The monoisotopic (exact) mass is 267 g/mol. The highest BCUT2D eigenvalue weighted by Gasteiger charge is 2.27. The molecule has 1 aromatic carbocycles. The summed E-state index contributed by atoms with van der Waals surface area (Å²) >= 11 is 6.10.